The van der Waals surface area contributed by atoms with E-state index in [0.717, 1.165) is 31.4 Å². The van der Waals surface area contributed by atoms with Crippen LogP contribution in [-0.2, 0) is 4.79 Å². The van der Waals surface area contributed by atoms with Crippen molar-refractivity contribution < 1.29 is 9.59 Å². The van der Waals surface area contributed by atoms with Crippen molar-refractivity contribution >= 4 is 11.8 Å². The fraction of sp³-hybridized carbons (Fsp3) is 0.459. The standard InChI is InChI=1S/C37H48N4O2/c1-28-18-19-32(25-29(28)2)36(42)38-26-33-20-24-41(37(43)35(39-33)17-12-23-40-21-10-5-11-22-40)27-34(30-13-6-3-7-14-30)31-15-8-4-9-16-31/h3-4,6-9,13-16,18-19,25,33-35,39H,5,10-12,17,20-24,26-27H2,1-2H3,(H,38,42). The second-order valence-electron chi connectivity index (χ2n) is 12.4. The molecule has 2 atom stereocenters. The third kappa shape index (κ3) is 8.55. The number of nitrogens with one attached hydrogen (secondary N) is 2. The fourth-order valence-electron chi connectivity index (χ4n) is 6.53. The second kappa shape index (κ2) is 15.3. The predicted octanol–water partition coefficient (Wildman–Crippen LogP) is 5.69. The molecule has 2 N–H and O–H groups in total. The van der Waals surface area contributed by atoms with Crippen molar-refractivity contribution in [1.82, 2.24) is 20.4 Å². The van der Waals surface area contributed by atoms with Gasteiger partial charge in [-0.15, -0.1) is 0 Å². The Labute approximate surface area is 257 Å². The smallest absolute Gasteiger partial charge is 0.251 e. The molecule has 2 saturated heterocycles. The Morgan fingerprint density at radius 3 is 2.21 bits per heavy atom. The van der Waals surface area contributed by atoms with Crippen LogP contribution < -0.4 is 10.6 Å². The van der Waals surface area contributed by atoms with E-state index in [2.05, 4.69) is 75.9 Å². The second-order valence-corrected chi connectivity index (χ2v) is 12.4. The van der Waals surface area contributed by atoms with E-state index in [9.17, 15) is 9.59 Å². The Bertz CT molecular complexity index is 1280. The van der Waals surface area contributed by atoms with Gasteiger partial charge in [-0.2, -0.15) is 0 Å². The molecule has 0 saturated carbocycles. The summed E-state index contributed by atoms with van der Waals surface area (Å²) >= 11 is 0. The van der Waals surface area contributed by atoms with E-state index in [1.807, 2.05) is 37.3 Å². The first-order valence-corrected chi connectivity index (χ1v) is 16.2. The van der Waals surface area contributed by atoms with Crippen LogP contribution in [0.25, 0.3) is 0 Å². The summed E-state index contributed by atoms with van der Waals surface area (Å²) in [6.45, 7) is 9.26. The van der Waals surface area contributed by atoms with Gasteiger partial charge in [0.2, 0.25) is 5.91 Å². The zero-order chi connectivity index (χ0) is 30.0. The highest BCUT2D eigenvalue weighted by molar-refractivity contribution is 5.94. The summed E-state index contributed by atoms with van der Waals surface area (Å²) in [6.07, 6.45) is 6.45. The molecule has 0 aromatic heterocycles. The Morgan fingerprint density at radius 2 is 1.56 bits per heavy atom. The van der Waals surface area contributed by atoms with Gasteiger partial charge < -0.3 is 20.4 Å². The number of aryl methyl sites for hydroxylation is 2. The van der Waals surface area contributed by atoms with Crippen LogP contribution in [0.15, 0.2) is 78.9 Å². The van der Waals surface area contributed by atoms with Gasteiger partial charge in [0.25, 0.3) is 5.91 Å². The van der Waals surface area contributed by atoms with Crippen LogP contribution in [-0.4, -0.2) is 73.0 Å². The van der Waals surface area contributed by atoms with E-state index in [0.29, 0.717) is 25.2 Å². The lowest BCUT2D eigenvalue weighted by molar-refractivity contribution is -0.133. The summed E-state index contributed by atoms with van der Waals surface area (Å²) < 4.78 is 0. The van der Waals surface area contributed by atoms with E-state index in [1.165, 1.54) is 49.0 Å². The van der Waals surface area contributed by atoms with Gasteiger partial charge in [-0.1, -0.05) is 73.2 Å². The highest BCUT2D eigenvalue weighted by Crippen LogP contribution is 2.27. The summed E-state index contributed by atoms with van der Waals surface area (Å²) in [4.78, 5) is 31.8. The maximum absolute atomic E-state index is 14.2. The van der Waals surface area contributed by atoms with E-state index in [-0.39, 0.29) is 29.8 Å². The summed E-state index contributed by atoms with van der Waals surface area (Å²) in [7, 11) is 0. The molecule has 228 valence electrons. The Hall–Kier alpha value is -3.48. The van der Waals surface area contributed by atoms with Gasteiger partial charge in [0.1, 0.15) is 0 Å². The van der Waals surface area contributed by atoms with Crippen LogP contribution in [0.5, 0.6) is 0 Å². The van der Waals surface area contributed by atoms with Crippen LogP contribution in [0, 0.1) is 13.8 Å². The molecular weight excluding hydrogens is 532 g/mol. The third-order valence-corrected chi connectivity index (χ3v) is 9.29. The number of likely N-dealkylation sites (tertiary alicyclic amines) is 1. The number of carbonyl (C=O) groups is 2. The molecule has 0 aliphatic carbocycles. The average Bonchev–Trinajstić information content (AvgIpc) is 3.19. The molecule has 2 aliphatic heterocycles. The lowest BCUT2D eigenvalue weighted by Gasteiger charge is -2.30. The number of rotatable bonds is 11. The molecule has 0 spiro atoms. The van der Waals surface area contributed by atoms with Crippen LogP contribution in [0.4, 0.5) is 0 Å². The fourth-order valence-corrected chi connectivity index (χ4v) is 6.53. The molecule has 0 radical (unpaired) electrons. The molecule has 0 bridgehead atoms. The Kier molecular flexibility index (Phi) is 11.0. The van der Waals surface area contributed by atoms with Crippen molar-refractivity contribution in [3.63, 3.8) is 0 Å². The molecule has 3 aromatic carbocycles. The molecule has 2 fully saturated rings. The molecule has 2 amide bonds. The molecular formula is C37H48N4O2. The largest absolute Gasteiger partial charge is 0.350 e. The molecule has 6 nitrogen and oxygen atoms in total. The molecule has 2 unspecified atom stereocenters. The Balaban J connectivity index is 1.30. The summed E-state index contributed by atoms with van der Waals surface area (Å²) in [5.41, 5.74) is 5.41. The van der Waals surface area contributed by atoms with E-state index in [4.69, 9.17) is 0 Å². The zero-order valence-corrected chi connectivity index (χ0v) is 25.9. The third-order valence-electron chi connectivity index (χ3n) is 9.29. The summed E-state index contributed by atoms with van der Waals surface area (Å²) in [6, 6.07) is 26.7. The number of piperidine rings is 1. The van der Waals surface area contributed by atoms with Crippen molar-refractivity contribution in [3.8, 4) is 0 Å². The van der Waals surface area contributed by atoms with Crippen LogP contribution in [0.3, 0.4) is 0 Å². The molecule has 6 heteroatoms. The van der Waals surface area contributed by atoms with Gasteiger partial charge in [-0.05, 0) is 100.0 Å². The first-order chi connectivity index (χ1) is 21.0. The van der Waals surface area contributed by atoms with Gasteiger partial charge in [0.15, 0.2) is 0 Å². The lowest BCUT2D eigenvalue weighted by Crippen LogP contribution is -2.49. The van der Waals surface area contributed by atoms with Crippen molar-refractivity contribution in [1.29, 1.82) is 0 Å². The SMILES string of the molecule is Cc1ccc(C(=O)NCC2CCN(CC(c3ccccc3)c3ccccc3)C(=O)C(CCCN3CCCCC3)N2)cc1C. The number of nitrogens with zero attached hydrogens (tertiary/aromatic N) is 2. The highest BCUT2D eigenvalue weighted by atomic mass is 16.2. The molecule has 2 heterocycles. The van der Waals surface area contributed by atoms with E-state index in [1.54, 1.807) is 0 Å². The summed E-state index contributed by atoms with van der Waals surface area (Å²) in [5.74, 6) is 0.215. The van der Waals surface area contributed by atoms with Gasteiger partial charge >= 0.3 is 0 Å². The predicted molar refractivity (Wildman–Crippen MR) is 174 cm³/mol. The number of hydrogen-bond donors (Lipinski definition) is 2. The molecule has 2 aliphatic rings. The van der Waals surface area contributed by atoms with E-state index >= 15 is 0 Å². The monoisotopic (exact) mass is 580 g/mol. The van der Waals surface area contributed by atoms with Crippen molar-refractivity contribution in [2.24, 2.45) is 0 Å². The molecule has 3 aromatic rings. The quantitative estimate of drug-likeness (QED) is 0.306. The first-order valence-electron chi connectivity index (χ1n) is 16.2. The topological polar surface area (TPSA) is 64.7 Å². The van der Waals surface area contributed by atoms with Gasteiger partial charge in [-0.3, -0.25) is 9.59 Å². The number of amides is 2. The van der Waals surface area contributed by atoms with Crippen LogP contribution >= 0.6 is 0 Å². The maximum Gasteiger partial charge on any atom is 0.251 e. The Morgan fingerprint density at radius 1 is 0.884 bits per heavy atom. The molecule has 5 rings (SSSR count). The minimum absolute atomic E-state index is 0.0244. The minimum Gasteiger partial charge on any atom is -0.350 e. The zero-order valence-electron chi connectivity index (χ0n) is 25.9. The lowest BCUT2D eigenvalue weighted by atomic mass is 9.90. The van der Waals surface area contributed by atoms with Crippen LogP contribution in [0.1, 0.15) is 77.1 Å². The van der Waals surface area contributed by atoms with Crippen molar-refractivity contribution in [3.05, 3.63) is 107 Å². The maximum atomic E-state index is 14.2. The van der Waals surface area contributed by atoms with Gasteiger partial charge in [0, 0.05) is 37.2 Å². The number of carbonyl (C=O) groups excluding carboxylic acids is 2. The minimum atomic E-state index is -0.261. The van der Waals surface area contributed by atoms with Gasteiger partial charge in [0.05, 0.1) is 6.04 Å². The number of benzene rings is 3. The molecule has 43 heavy (non-hydrogen) atoms. The van der Waals surface area contributed by atoms with Crippen molar-refractivity contribution in [2.75, 3.05) is 39.3 Å². The normalized spacial score (nSPS) is 19.8. The highest BCUT2D eigenvalue weighted by Gasteiger charge is 2.32. The van der Waals surface area contributed by atoms with Gasteiger partial charge in [-0.25, -0.2) is 0 Å². The summed E-state index contributed by atoms with van der Waals surface area (Å²) in [5, 5.41) is 6.84. The average molecular weight is 581 g/mol. The van der Waals surface area contributed by atoms with E-state index < -0.39 is 0 Å². The number of hydrogen-bond acceptors (Lipinski definition) is 4. The van der Waals surface area contributed by atoms with Crippen molar-refractivity contribution in [2.45, 2.75) is 70.4 Å². The van der Waals surface area contributed by atoms with Crippen LogP contribution in [0.2, 0.25) is 0 Å². The first kappa shape index (κ1) is 31.0.